The van der Waals surface area contributed by atoms with E-state index < -0.39 is 11.9 Å². The van der Waals surface area contributed by atoms with Crippen molar-refractivity contribution >= 4 is 34.0 Å². The van der Waals surface area contributed by atoms with Gasteiger partial charge in [-0.05, 0) is 24.3 Å². The van der Waals surface area contributed by atoms with Gasteiger partial charge in [-0.25, -0.2) is 9.48 Å². The van der Waals surface area contributed by atoms with Crippen molar-refractivity contribution in [3.05, 3.63) is 64.1 Å². The highest BCUT2D eigenvalue weighted by Crippen LogP contribution is 2.26. The normalized spacial score (nSPS) is 13.8. The van der Waals surface area contributed by atoms with Crippen LogP contribution in [0.3, 0.4) is 0 Å². The molecule has 0 unspecified atom stereocenters. The zero-order valence-corrected chi connectivity index (χ0v) is 17.3. The van der Waals surface area contributed by atoms with E-state index in [-0.39, 0.29) is 16.8 Å². The molecule has 31 heavy (non-hydrogen) atoms. The molecule has 160 valence electrons. The van der Waals surface area contributed by atoms with Crippen LogP contribution in [0.15, 0.2) is 47.3 Å². The summed E-state index contributed by atoms with van der Waals surface area (Å²) in [4.78, 5) is 39.9. The largest absolute Gasteiger partial charge is 0.465 e. The number of benzene rings is 2. The lowest BCUT2D eigenvalue weighted by atomic mass is 10.1. The number of nitrogens with one attached hydrogen (secondary N) is 1. The summed E-state index contributed by atoms with van der Waals surface area (Å²) in [6.45, 7) is 2.63. The number of rotatable bonds is 4. The van der Waals surface area contributed by atoms with Gasteiger partial charge in [0.25, 0.3) is 11.5 Å². The van der Waals surface area contributed by atoms with Gasteiger partial charge < -0.3 is 19.7 Å². The zero-order valence-electron chi connectivity index (χ0n) is 17.3. The number of aryl methyl sites for hydroxylation is 1. The van der Waals surface area contributed by atoms with Crippen molar-refractivity contribution < 1.29 is 19.1 Å². The maximum absolute atomic E-state index is 13.1. The van der Waals surface area contributed by atoms with Crippen molar-refractivity contribution in [2.75, 3.05) is 43.6 Å². The molecule has 2 aromatic carbocycles. The summed E-state index contributed by atoms with van der Waals surface area (Å²) >= 11 is 0. The van der Waals surface area contributed by atoms with Crippen LogP contribution in [0.5, 0.6) is 0 Å². The van der Waals surface area contributed by atoms with Gasteiger partial charge in [-0.1, -0.05) is 18.2 Å². The molecule has 0 aliphatic carbocycles. The number of anilines is 2. The predicted molar refractivity (Wildman–Crippen MR) is 116 cm³/mol. The van der Waals surface area contributed by atoms with Crippen molar-refractivity contribution in [2.24, 2.45) is 7.05 Å². The first-order valence-electron chi connectivity index (χ1n) is 9.82. The molecule has 1 fully saturated rings. The van der Waals surface area contributed by atoms with Gasteiger partial charge in [-0.3, -0.25) is 9.59 Å². The van der Waals surface area contributed by atoms with Crippen molar-refractivity contribution in [1.82, 2.24) is 9.78 Å². The second-order valence-electron chi connectivity index (χ2n) is 7.10. The van der Waals surface area contributed by atoms with Crippen molar-refractivity contribution in [1.29, 1.82) is 0 Å². The topological polar surface area (TPSA) is 103 Å². The second-order valence-corrected chi connectivity index (χ2v) is 7.10. The van der Waals surface area contributed by atoms with Crippen LogP contribution in [0.25, 0.3) is 10.8 Å². The monoisotopic (exact) mass is 422 g/mol. The van der Waals surface area contributed by atoms with Crippen molar-refractivity contribution in [3.8, 4) is 0 Å². The number of methoxy groups -OCH3 is 1. The Morgan fingerprint density at radius 3 is 2.52 bits per heavy atom. The first-order valence-corrected chi connectivity index (χ1v) is 9.82. The average Bonchev–Trinajstić information content (AvgIpc) is 2.81. The number of nitrogens with zero attached hydrogens (tertiary/aromatic N) is 3. The molecule has 1 saturated heterocycles. The van der Waals surface area contributed by atoms with E-state index in [0.717, 1.165) is 10.4 Å². The highest BCUT2D eigenvalue weighted by atomic mass is 16.5. The minimum Gasteiger partial charge on any atom is -0.465 e. The fourth-order valence-electron chi connectivity index (χ4n) is 3.59. The minimum absolute atomic E-state index is 0.0887. The molecule has 0 atom stereocenters. The van der Waals surface area contributed by atoms with E-state index in [1.165, 1.54) is 14.2 Å². The van der Waals surface area contributed by atoms with E-state index in [4.69, 9.17) is 9.47 Å². The number of hydrogen-bond acceptors (Lipinski definition) is 7. The number of carbonyl (C=O) groups is 2. The van der Waals surface area contributed by atoms with Crippen LogP contribution in [0.2, 0.25) is 0 Å². The molecule has 0 radical (unpaired) electrons. The van der Waals surface area contributed by atoms with Gasteiger partial charge in [0.05, 0.1) is 37.0 Å². The molecule has 2 heterocycles. The van der Waals surface area contributed by atoms with Crippen LogP contribution in [-0.2, 0) is 16.5 Å². The Labute approximate surface area is 178 Å². The Morgan fingerprint density at radius 1 is 1.10 bits per heavy atom. The van der Waals surface area contributed by atoms with Gasteiger partial charge in [0.2, 0.25) is 0 Å². The molecule has 0 spiro atoms. The number of fused-ring (bicyclic) bond motifs is 1. The number of carbonyl (C=O) groups excluding carboxylic acids is 2. The fraction of sp³-hybridized carbons (Fsp3) is 0.273. The minimum atomic E-state index is -0.566. The highest BCUT2D eigenvalue weighted by molar-refractivity contribution is 6.13. The molecule has 0 bridgehead atoms. The second kappa shape index (κ2) is 8.57. The Balaban J connectivity index is 1.71. The Hall–Kier alpha value is -3.72. The standard InChI is InChI=1S/C22H22N4O5/c1-25-21(28)16-6-4-3-5-15(16)19(24-25)20(27)23-18-8-7-14(13-17(18)22(29)30-2)26-9-11-31-12-10-26/h3-8,13H,9-12H2,1-2H3,(H,23,27). The third kappa shape index (κ3) is 3.99. The molecule has 1 aromatic heterocycles. The van der Waals surface area contributed by atoms with E-state index in [1.54, 1.807) is 36.4 Å². The summed E-state index contributed by atoms with van der Waals surface area (Å²) in [6.07, 6.45) is 0. The molecular weight excluding hydrogens is 400 g/mol. The third-order valence-electron chi connectivity index (χ3n) is 5.20. The summed E-state index contributed by atoms with van der Waals surface area (Å²) in [7, 11) is 2.78. The van der Waals surface area contributed by atoms with Crippen LogP contribution in [0.1, 0.15) is 20.8 Å². The van der Waals surface area contributed by atoms with Gasteiger partial charge >= 0.3 is 5.97 Å². The molecule has 0 saturated carbocycles. The van der Waals surface area contributed by atoms with E-state index >= 15 is 0 Å². The Bertz CT molecular complexity index is 1210. The maximum atomic E-state index is 13.1. The number of esters is 1. The summed E-state index contributed by atoms with van der Waals surface area (Å²) in [5, 5.41) is 7.71. The summed E-state index contributed by atoms with van der Waals surface area (Å²) in [6, 6.07) is 12.0. The number of ether oxygens (including phenoxy) is 2. The number of morpholine rings is 1. The third-order valence-corrected chi connectivity index (χ3v) is 5.20. The average molecular weight is 422 g/mol. The van der Waals surface area contributed by atoms with E-state index in [0.29, 0.717) is 42.8 Å². The summed E-state index contributed by atoms with van der Waals surface area (Å²) in [5.74, 6) is -1.10. The van der Waals surface area contributed by atoms with E-state index in [2.05, 4.69) is 15.3 Å². The molecule has 1 aliphatic heterocycles. The molecule has 9 nitrogen and oxygen atoms in total. The lowest BCUT2D eigenvalue weighted by molar-refractivity contribution is 0.0602. The lowest BCUT2D eigenvalue weighted by Crippen LogP contribution is -2.36. The Morgan fingerprint density at radius 2 is 1.81 bits per heavy atom. The van der Waals surface area contributed by atoms with Crippen LogP contribution in [-0.4, -0.2) is 55.1 Å². The van der Waals surface area contributed by atoms with Crippen LogP contribution in [0.4, 0.5) is 11.4 Å². The maximum Gasteiger partial charge on any atom is 0.340 e. The molecule has 3 aromatic rings. The first kappa shape index (κ1) is 20.5. The Kier molecular flexibility index (Phi) is 5.68. The van der Waals surface area contributed by atoms with Gasteiger partial charge in [0.15, 0.2) is 5.69 Å². The quantitative estimate of drug-likeness (QED) is 0.640. The zero-order chi connectivity index (χ0) is 22.0. The molecule has 9 heteroatoms. The van der Waals surface area contributed by atoms with Gasteiger partial charge in [0, 0.05) is 31.2 Å². The van der Waals surface area contributed by atoms with E-state index in [9.17, 15) is 14.4 Å². The van der Waals surface area contributed by atoms with E-state index in [1.807, 2.05) is 6.07 Å². The smallest absolute Gasteiger partial charge is 0.340 e. The van der Waals surface area contributed by atoms with Gasteiger partial charge in [-0.2, -0.15) is 5.10 Å². The SMILES string of the molecule is COC(=O)c1cc(N2CCOCC2)ccc1NC(=O)c1nn(C)c(=O)c2ccccc12. The molecule has 1 N–H and O–H groups in total. The lowest BCUT2D eigenvalue weighted by Gasteiger charge is -2.29. The molecular formula is C22H22N4O5. The van der Waals surface area contributed by atoms with Gasteiger partial charge in [0.1, 0.15) is 0 Å². The molecule has 1 amide bonds. The summed E-state index contributed by atoms with van der Waals surface area (Å²) in [5.41, 5.74) is 1.16. The number of amides is 1. The number of aromatic nitrogens is 2. The first-order chi connectivity index (χ1) is 15.0. The van der Waals surface area contributed by atoms with Crippen molar-refractivity contribution in [2.45, 2.75) is 0 Å². The van der Waals surface area contributed by atoms with Crippen LogP contribution in [0, 0.1) is 0 Å². The van der Waals surface area contributed by atoms with Crippen molar-refractivity contribution in [3.63, 3.8) is 0 Å². The number of hydrogen-bond donors (Lipinski definition) is 1. The predicted octanol–water partition coefficient (Wildman–Crippen LogP) is 1.81. The molecule has 1 aliphatic rings. The highest BCUT2D eigenvalue weighted by Gasteiger charge is 2.21. The van der Waals surface area contributed by atoms with Crippen LogP contribution < -0.4 is 15.8 Å². The van der Waals surface area contributed by atoms with Gasteiger partial charge in [-0.15, -0.1) is 0 Å². The fourth-order valence-corrected chi connectivity index (χ4v) is 3.59. The molecule has 4 rings (SSSR count). The van der Waals surface area contributed by atoms with Crippen LogP contribution >= 0.6 is 0 Å². The summed E-state index contributed by atoms with van der Waals surface area (Å²) < 4.78 is 11.4.